The molecule has 0 saturated heterocycles. The van der Waals surface area contributed by atoms with Gasteiger partial charge in [-0.2, -0.15) is 0 Å². The van der Waals surface area contributed by atoms with Gasteiger partial charge in [-0.1, -0.05) is 26.7 Å². The van der Waals surface area contributed by atoms with Crippen LogP contribution in [-0.2, 0) is 0 Å². The van der Waals surface area contributed by atoms with E-state index >= 15 is 0 Å². The molecule has 0 aromatic carbocycles. The van der Waals surface area contributed by atoms with E-state index in [0.717, 1.165) is 18.6 Å². The van der Waals surface area contributed by atoms with Crippen molar-refractivity contribution in [3.05, 3.63) is 0 Å². The Morgan fingerprint density at radius 1 is 1.20 bits per heavy atom. The monoisotopic (exact) mass is 164 g/mol. The molecule has 0 aromatic heterocycles. The van der Waals surface area contributed by atoms with Gasteiger partial charge in [-0.25, -0.2) is 0 Å². The van der Waals surface area contributed by atoms with Crippen molar-refractivity contribution in [1.82, 2.24) is 0 Å². The fourth-order valence-corrected chi connectivity index (χ4v) is 1.66. The van der Waals surface area contributed by atoms with Gasteiger partial charge in [-0.3, -0.25) is 0 Å². The standard InChI is InChI=1S/C7H16O2S/c1-3-6(4-2)5-10-7(8)9/h6-9H,3-5H2,1-2H3. The van der Waals surface area contributed by atoms with Crippen molar-refractivity contribution in [3.8, 4) is 0 Å². The molecule has 0 amide bonds. The summed E-state index contributed by atoms with van der Waals surface area (Å²) in [6.45, 7) is 4.25. The Morgan fingerprint density at radius 3 is 2.00 bits per heavy atom. The average molecular weight is 164 g/mol. The predicted molar refractivity (Wildman–Crippen MR) is 44.8 cm³/mol. The Bertz CT molecular complexity index is 72.0. The van der Waals surface area contributed by atoms with E-state index in [1.54, 1.807) is 0 Å². The molecule has 10 heavy (non-hydrogen) atoms. The van der Waals surface area contributed by atoms with Gasteiger partial charge in [0.25, 0.3) is 0 Å². The van der Waals surface area contributed by atoms with Gasteiger partial charge < -0.3 is 10.2 Å². The first-order valence-electron chi connectivity index (χ1n) is 3.68. The van der Waals surface area contributed by atoms with Gasteiger partial charge in [-0.05, 0) is 5.92 Å². The fourth-order valence-electron chi connectivity index (χ4n) is 0.747. The summed E-state index contributed by atoms with van der Waals surface area (Å²) in [5, 5.41) is 17.0. The van der Waals surface area contributed by atoms with E-state index in [2.05, 4.69) is 13.8 Å². The summed E-state index contributed by atoms with van der Waals surface area (Å²) in [5.74, 6) is 1.48. The minimum atomic E-state index is -1.19. The average Bonchev–Trinajstić information content (AvgIpc) is 1.90. The first-order chi connectivity index (χ1) is 4.70. The lowest BCUT2D eigenvalue weighted by atomic mass is 10.1. The third-order valence-corrected chi connectivity index (χ3v) is 2.60. The molecule has 0 spiro atoms. The maximum Gasteiger partial charge on any atom is 0.201 e. The largest absolute Gasteiger partial charge is 0.360 e. The third-order valence-electron chi connectivity index (χ3n) is 1.64. The van der Waals surface area contributed by atoms with Crippen LogP contribution >= 0.6 is 11.8 Å². The summed E-state index contributed by atoms with van der Waals surface area (Å²) >= 11 is 1.20. The number of thioether (sulfide) groups is 1. The third kappa shape index (κ3) is 5.09. The Balaban J connectivity index is 3.26. The summed E-state index contributed by atoms with van der Waals surface area (Å²) < 4.78 is 0. The number of hydrogen-bond acceptors (Lipinski definition) is 3. The molecule has 0 atom stereocenters. The van der Waals surface area contributed by atoms with E-state index in [-0.39, 0.29) is 0 Å². The molecule has 2 nitrogen and oxygen atoms in total. The molecule has 0 saturated carbocycles. The van der Waals surface area contributed by atoms with Crippen LogP contribution in [-0.4, -0.2) is 21.6 Å². The molecular formula is C7H16O2S. The van der Waals surface area contributed by atoms with Crippen LogP contribution in [0.2, 0.25) is 0 Å². The van der Waals surface area contributed by atoms with Crippen molar-refractivity contribution in [2.45, 2.75) is 32.3 Å². The van der Waals surface area contributed by atoms with Crippen molar-refractivity contribution in [2.75, 3.05) is 5.75 Å². The molecule has 62 valence electrons. The minimum Gasteiger partial charge on any atom is -0.360 e. The summed E-state index contributed by atoms with van der Waals surface area (Å²) in [6.07, 6.45) is 2.24. The van der Waals surface area contributed by atoms with Gasteiger partial charge in [0.05, 0.1) is 0 Å². The zero-order valence-corrected chi connectivity index (χ0v) is 7.40. The van der Waals surface area contributed by atoms with Gasteiger partial charge in [-0.15, -0.1) is 11.8 Å². The SMILES string of the molecule is CCC(CC)CSC(O)O. The molecule has 0 fully saturated rings. The van der Waals surface area contributed by atoms with Crippen molar-refractivity contribution < 1.29 is 10.2 Å². The first-order valence-corrected chi connectivity index (χ1v) is 4.73. The van der Waals surface area contributed by atoms with Crippen LogP contribution in [0, 0.1) is 5.92 Å². The highest BCUT2D eigenvalue weighted by Crippen LogP contribution is 2.16. The summed E-state index contributed by atoms with van der Waals surface area (Å²) in [5.41, 5.74) is -1.19. The lowest BCUT2D eigenvalue weighted by molar-refractivity contribution is 0.0403. The van der Waals surface area contributed by atoms with Gasteiger partial charge >= 0.3 is 0 Å². The molecule has 0 radical (unpaired) electrons. The summed E-state index contributed by atoms with van der Waals surface area (Å²) in [4.78, 5) is 0. The smallest absolute Gasteiger partial charge is 0.201 e. The number of aliphatic hydroxyl groups excluding tert-OH is 1. The van der Waals surface area contributed by atoms with Crippen LogP contribution < -0.4 is 0 Å². The highest BCUT2D eigenvalue weighted by atomic mass is 32.2. The van der Waals surface area contributed by atoms with Gasteiger partial charge in [0.15, 0.2) is 0 Å². The molecule has 0 unspecified atom stereocenters. The second kappa shape index (κ2) is 6.01. The van der Waals surface area contributed by atoms with Crippen LogP contribution in [0.25, 0.3) is 0 Å². The Hall–Kier alpha value is 0.270. The van der Waals surface area contributed by atoms with Crippen LogP contribution in [0.4, 0.5) is 0 Å². The molecule has 0 heterocycles. The van der Waals surface area contributed by atoms with Crippen molar-refractivity contribution in [3.63, 3.8) is 0 Å². The summed E-state index contributed by atoms with van der Waals surface area (Å²) in [6, 6.07) is 0. The lowest BCUT2D eigenvalue weighted by Crippen LogP contribution is -2.06. The molecule has 0 bridgehead atoms. The van der Waals surface area contributed by atoms with Gasteiger partial charge in [0, 0.05) is 5.75 Å². The first kappa shape index (κ1) is 10.3. The maximum absolute atomic E-state index is 8.51. The van der Waals surface area contributed by atoms with E-state index in [9.17, 15) is 0 Å². The van der Waals surface area contributed by atoms with Crippen LogP contribution in [0.5, 0.6) is 0 Å². The van der Waals surface area contributed by atoms with Crippen LogP contribution in [0.3, 0.4) is 0 Å². The van der Waals surface area contributed by atoms with Crippen molar-refractivity contribution >= 4 is 11.8 Å². The van der Waals surface area contributed by atoms with Crippen LogP contribution in [0.15, 0.2) is 0 Å². The molecular weight excluding hydrogens is 148 g/mol. The van der Waals surface area contributed by atoms with Crippen molar-refractivity contribution in [2.24, 2.45) is 5.92 Å². The molecule has 0 aliphatic heterocycles. The predicted octanol–water partition coefficient (Wildman–Crippen LogP) is 1.42. The summed E-state index contributed by atoms with van der Waals surface area (Å²) in [7, 11) is 0. The topological polar surface area (TPSA) is 40.5 Å². The highest BCUT2D eigenvalue weighted by Gasteiger charge is 2.05. The molecule has 3 heteroatoms. The molecule has 0 rings (SSSR count). The minimum absolute atomic E-state index is 0.631. The normalized spacial score (nSPS) is 11.4. The van der Waals surface area contributed by atoms with E-state index in [0.29, 0.717) is 5.92 Å². The molecule has 0 aliphatic carbocycles. The van der Waals surface area contributed by atoms with Crippen molar-refractivity contribution in [1.29, 1.82) is 0 Å². The quantitative estimate of drug-likeness (QED) is 0.604. The second-order valence-corrected chi connectivity index (χ2v) is 3.43. The molecule has 0 aliphatic rings. The Kier molecular flexibility index (Phi) is 6.17. The Labute approximate surface area is 66.6 Å². The maximum atomic E-state index is 8.51. The van der Waals surface area contributed by atoms with E-state index < -0.39 is 5.62 Å². The fraction of sp³-hybridized carbons (Fsp3) is 1.00. The van der Waals surface area contributed by atoms with E-state index in [1.807, 2.05) is 0 Å². The van der Waals surface area contributed by atoms with E-state index in [4.69, 9.17) is 10.2 Å². The second-order valence-electron chi connectivity index (χ2n) is 2.34. The number of hydrogen-bond donors (Lipinski definition) is 2. The number of aliphatic hydroxyl groups is 2. The van der Waals surface area contributed by atoms with E-state index in [1.165, 1.54) is 11.8 Å². The molecule has 0 aromatic rings. The highest BCUT2D eigenvalue weighted by molar-refractivity contribution is 7.99. The lowest BCUT2D eigenvalue weighted by Gasteiger charge is -2.11. The van der Waals surface area contributed by atoms with Crippen LogP contribution in [0.1, 0.15) is 26.7 Å². The zero-order valence-electron chi connectivity index (χ0n) is 6.58. The van der Waals surface area contributed by atoms with Gasteiger partial charge in [0.2, 0.25) is 5.62 Å². The number of rotatable bonds is 5. The molecule has 2 N–H and O–H groups in total. The zero-order chi connectivity index (χ0) is 7.98. The van der Waals surface area contributed by atoms with Gasteiger partial charge in [0.1, 0.15) is 0 Å². The Morgan fingerprint density at radius 2 is 1.70 bits per heavy atom.